The van der Waals surface area contributed by atoms with Gasteiger partial charge in [0, 0.05) is 12.0 Å². The van der Waals surface area contributed by atoms with Crippen molar-refractivity contribution in [3.8, 4) is 11.5 Å². The third-order valence-electron chi connectivity index (χ3n) is 3.72. The number of methoxy groups -OCH3 is 2. The van der Waals surface area contributed by atoms with Gasteiger partial charge in [-0.2, -0.15) is 0 Å². The summed E-state index contributed by atoms with van der Waals surface area (Å²) >= 11 is 0. The number of aromatic nitrogens is 3. The quantitative estimate of drug-likeness (QED) is 0.783. The molecule has 0 unspecified atom stereocenters. The van der Waals surface area contributed by atoms with Crippen LogP contribution in [0.4, 0.5) is 11.5 Å². The van der Waals surface area contributed by atoms with Crippen molar-refractivity contribution in [1.82, 2.24) is 15.0 Å². The fourth-order valence-corrected chi connectivity index (χ4v) is 2.26. The van der Waals surface area contributed by atoms with E-state index in [1.165, 1.54) is 18.0 Å². The zero-order chi connectivity index (χ0) is 17.8. The Kier molecular flexibility index (Phi) is 4.82. The number of ether oxygens (including phenoxy) is 2. The molecule has 1 saturated carbocycles. The van der Waals surface area contributed by atoms with Crippen LogP contribution < -0.4 is 20.1 Å². The first-order chi connectivity index (χ1) is 12.1. The lowest BCUT2D eigenvalue weighted by Crippen LogP contribution is -2.19. The Morgan fingerprint density at radius 1 is 1.24 bits per heavy atom. The Hall–Kier alpha value is -3.10. The van der Waals surface area contributed by atoms with E-state index in [1.54, 1.807) is 25.3 Å². The largest absolute Gasteiger partial charge is 0.497 e. The Bertz CT molecular complexity index is 785. The van der Waals surface area contributed by atoms with E-state index in [9.17, 15) is 9.59 Å². The molecular formula is C16H19N5O4. The first kappa shape index (κ1) is 16.7. The fraction of sp³-hybridized carbons (Fsp3) is 0.375. The van der Waals surface area contributed by atoms with Crippen LogP contribution in [-0.2, 0) is 16.1 Å². The van der Waals surface area contributed by atoms with E-state index in [0.29, 0.717) is 23.0 Å². The molecule has 0 saturated heterocycles. The Labute approximate surface area is 144 Å². The Morgan fingerprint density at radius 2 is 2.04 bits per heavy atom. The van der Waals surface area contributed by atoms with Crippen LogP contribution >= 0.6 is 0 Å². The third kappa shape index (κ3) is 4.25. The molecule has 1 aliphatic rings. The summed E-state index contributed by atoms with van der Waals surface area (Å²) in [6, 6.07) is 5.11. The zero-order valence-electron chi connectivity index (χ0n) is 14.0. The van der Waals surface area contributed by atoms with Crippen LogP contribution in [0.5, 0.6) is 11.5 Å². The summed E-state index contributed by atoms with van der Waals surface area (Å²) in [6.45, 7) is -0.0489. The Balaban J connectivity index is 1.61. The molecule has 0 radical (unpaired) electrons. The van der Waals surface area contributed by atoms with Crippen LogP contribution in [0.1, 0.15) is 12.8 Å². The van der Waals surface area contributed by atoms with E-state index in [4.69, 9.17) is 9.47 Å². The van der Waals surface area contributed by atoms with Crippen molar-refractivity contribution in [2.45, 2.75) is 19.4 Å². The van der Waals surface area contributed by atoms with Gasteiger partial charge in [0.15, 0.2) is 5.82 Å². The number of anilines is 2. The van der Waals surface area contributed by atoms with Gasteiger partial charge in [-0.25, -0.2) is 4.68 Å². The highest BCUT2D eigenvalue weighted by Gasteiger charge is 2.30. The summed E-state index contributed by atoms with van der Waals surface area (Å²) in [7, 11) is 3.06. The van der Waals surface area contributed by atoms with Crippen LogP contribution in [0.25, 0.3) is 0 Å². The molecule has 3 rings (SSSR count). The van der Waals surface area contributed by atoms with Crippen molar-refractivity contribution in [1.29, 1.82) is 0 Å². The van der Waals surface area contributed by atoms with E-state index < -0.39 is 0 Å². The maximum Gasteiger partial charge on any atom is 0.246 e. The van der Waals surface area contributed by atoms with E-state index in [2.05, 4.69) is 20.9 Å². The van der Waals surface area contributed by atoms with Gasteiger partial charge < -0.3 is 20.1 Å². The van der Waals surface area contributed by atoms with Crippen LogP contribution in [0, 0.1) is 5.92 Å². The van der Waals surface area contributed by atoms with Gasteiger partial charge in [0.05, 0.1) is 26.1 Å². The molecule has 1 aliphatic carbocycles. The zero-order valence-corrected chi connectivity index (χ0v) is 14.0. The van der Waals surface area contributed by atoms with Gasteiger partial charge >= 0.3 is 0 Å². The van der Waals surface area contributed by atoms with Crippen molar-refractivity contribution in [3.63, 3.8) is 0 Å². The molecule has 25 heavy (non-hydrogen) atoms. The van der Waals surface area contributed by atoms with Gasteiger partial charge in [-0.15, -0.1) is 5.10 Å². The monoisotopic (exact) mass is 345 g/mol. The maximum atomic E-state index is 12.2. The lowest BCUT2D eigenvalue weighted by Gasteiger charge is -2.11. The summed E-state index contributed by atoms with van der Waals surface area (Å²) in [5.41, 5.74) is 0.495. The lowest BCUT2D eigenvalue weighted by atomic mass is 10.2. The summed E-state index contributed by atoms with van der Waals surface area (Å²) < 4.78 is 11.7. The SMILES string of the molecule is COc1ccc(OC)c(NC(=O)Cn2cc(NC(=O)C3CC3)nn2)c1. The number of benzene rings is 1. The van der Waals surface area contributed by atoms with Crippen LogP contribution in [0.2, 0.25) is 0 Å². The summed E-state index contributed by atoms with van der Waals surface area (Å²) in [6.07, 6.45) is 3.33. The second-order valence-electron chi connectivity index (χ2n) is 5.68. The van der Waals surface area contributed by atoms with Crippen LogP contribution in [0.15, 0.2) is 24.4 Å². The summed E-state index contributed by atoms with van der Waals surface area (Å²) in [4.78, 5) is 23.9. The lowest BCUT2D eigenvalue weighted by molar-refractivity contribution is -0.117. The number of rotatable bonds is 7. The number of hydrogen-bond donors (Lipinski definition) is 2. The minimum absolute atomic E-state index is 0.0489. The Morgan fingerprint density at radius 3 is 2.72 bits per heavy atom. The predicted molar refractivity (Wildman–Crippen MR) is 89.6 cm³/mol. The molecule has 9 nitrogen and oxygen atoms in total. The second-order valence-corrected chi connectivity index (χ2v) is 5.68. The fourth-order valence-electron chi connectivity index (χ4n) is 2.26. The van der Waals surface area contributed by atoms with Crippen LogP contribution in [0.3, 0.4) is 0 Å². The molecule has 1 heterocycles. The number of nitrogens with one attached hydrogen (secondary N) is 2. The van der Waals surface area contributed by atoms with Gasteiger partial charge in [-0.3, -0.25) is 9.59 Å². The topological polar surface area (TPSA) is 107 Å². The molecular weight excluding hydrogens is 326 g/mol. The summed E-state index contributed by atoms with van der Waals surface area (Å²) in [5, 5.41) is 13.1. The number of carbonyl (C=O) groups is 2. The standard InChI is InChI=1S/C16H19N5O4/c1-24-11-5-6-13(25-2)12(7-11)17-15(22)9-21-8-14(19-20-21)18-16(23)10-3-4-10/h5-8,10H,3-4,9H2,1-2H3,(H,17,22)(H,18,23). The second kappa shape index (κ2) is 7.20. The van der Waals surface area contributed by atoms with Gasteiger partial charge in [0.1, 0.15) is 18.0 Å². The number of hydrogen-bond acceptors (Lipinski definition) is 6. The molecule has 1 fully saturated rings. The molecule has 1 aromatic carbocycles. The van der Waals surface area contributed by atoms with Gasteiger partial charge in [-0.05, 0) is 25.0 Å². The van der Waals surface area contributed by atoms with E-state index in [-0.39, 0.29) is 24.3 Å². The molecule has 0 atom stereocenters. The van der Waals surface area contributed by atoms with Crippen molar-refractivity contribution >= 4 is 23.3 Å². The van der Waals surface area contributed by atoms with Crippen molar-refractivity contribution < 1.29 is 19.1 Å². The molecule has 2 N–H and O–H groups in total. The molecule has 2 aromatic rings. The highest BCUT2D eigenvalue weighted by Crippen LogP contribution is 2.30. The molecule has 1 aromatic heterocycles. The minimum atomic E-state index is -0.309. The molecule has 0 spiro atoms. The number of carbonyl (C=O) groups excluding carboxylic acids is 2. The van der Waals surface area contributed by atoms with Crippen molar-refractivity contribution in [2.75, 3.05) is 24.9 Å². The molecule has 9 heteroatoms. The first-order valence-corrected chi connectivity index (χ1v) is 7.82. The third-order valence-corrected chi connectivity index (χ3v) is 3.72. The molecule has 0 aliphatic heterocycles. The molecule has 2 amide bonds. The van der Waals surface area contributed by atoms with Gasteiger partial charge in [0.25, 0.3) is 0 Å². The van der Waals surface area contributed by atoms with Crippen LogP contribution in [-0.4, -0.2) is 41.0 Å². The number of amides is 2. The van der Waals surface area contributed by atoms with E-state index in [0.717, 1.165) is 12.8 Å². The van der Waals surface area contributed by atoms with E-state index >= 15 is 0 Å². The van der Waals surface area contributed by atoms with Gasteiger partial charge in [-0.1, -0.05) is 5.21 Å². The molecule has 0 bridgehead atoms. The van der Waals surface area contributed by atoms with Crippen molar-refractivity contribution in [2.24, 2.45) is 5.92 Å². The van der Waals surface area contributed by atoms with Crippen molar-refractivity contribution in [3.05, 3.63) is 24.4 Å². The first-order valence-electron chi connectivity index (χ1n) is 7.82. The average Bonchev–Trinajstić information content (AvgIpc) is 3.37. The molecule has 132 valence electrons. The maximum absolute atomic E-state index is 12.2. The average molecular weight is 345 g/mol. The highest BCUT2D eigenvalue weighted by atomic mass is 16.5. The van der Waals surface area contributed by atoms with Gasteiger partial charge in [0.2, 0.25) is 11.8 Å². The highest BCUT2D eigenvalue weighted by molar-refractivity contribution is 5.93. The predicted octanol–water partition coefficient (Wildman–Crippen LogP) is 1.28. The van der Waals surface area contributed by atoms with E-state index in [1.807, 2.05) is 0 Å². The number of nitrogens with zero attached hydrogens (tertiary/aromatic N) is 3. The smallest absolute Gasteiger partial charge is 0.246 e. The summed E-state index contributed by atoms with van der Waals surface area (Å²) in [5.74, 6) is 1.17. The normalized spacial score (nSPS) is 13.2. The minimum Gasteiger partial charge on any atom is -0.497 e.